The maximum Gasteiger partial charge on any atom is 0.343 e. The van der Waals surface area contributed by atoms with E-state index in [0.717, 1.165) is 0 Å². The lowest BCUT2D eigenvalue weighted by atomic mass is 10.2. The average molecular weight is 263 g/mol. The summed E-state index contributed by atoms with van der Waals surface area (Å²) in [6.07, 6.45) is 0. The predicted molar refractivity (Wildman–Crippen MR) is 69.4 cm³/mol. The fourth-order valence-electron chi connectivity index (χ4n) is 1.42. The summed E-state index contributed by atoms with van der Waals surface area (Å²) >= 11 is 5.75. The molecule has 0 unspecified atom stereocenters. The van der Waals surface area contributed by atoms with E-state index in [-0.39, 0.29) is 0 Å². The fraction of sp³-hybridized carbons (Fsp3) is 0.0714. The third-order valence-corrected chi connectivity index (χ3v) is 2.58. The van der Waals surface area contributed by atoms with E-state index in [2.05, 4.69) is 0 Å². The SMILES string of the molecule is COc1cccc(C(=O)Oc2ccc(Cl)cc2)c1. The van der Waals surface area contributed by atoms with Crippen molar-refractivity contribution in [1.82, 2.24) is 0 Å². The van der Waals surface area contributed by atoms with Crippen molar-refractivity contribution in [2.45, 2.75) is 0 Å². The number of benzene rings is 2. The summed E-state index contributed by atoms with van der Waals surface area (Å²) < 4.78 is 10.2. The number of esters is 1. The standard InChI is InChI=1S/C14H11ClO3/c1-17-13-4-2-3-10(9-13)14(16)18-12-7-5-11(15)6-8-12/h2-9H,1H3. The van der Waals surface area contributed by atoms with Gasteiger partial charge in [0.15, 0.2) is 0 Å². The fourth-order valence-corrected chi connectivity index (χ4v) is 1.54. The summed E-state index contributed by atoms with van der Waals surface area (Å²) in [4.78, 5) is 11.9. The Morgan fingerprint density at radius 3 is 2.44 bits per heavy atom. The van der Waals surface area contributed by atoms with Gasteiger partial charge in [-0.25, -0.2) is 4.79 Å². The van der Waals surface area contributed by atoms with Gasteiger partial charge >= 0.3 is 5.97 Å². The minimum absolute atomic E-state index is 0.434. The van der Waals surface area contributed by atoms with Gasteiger partial charge in [0.2, 0.25) is 0 Å². The highest BCUT2D eigenvalue weighted by molar-refractivity contribution is 6.30. The molecule has 0 heterocycles. The van der Waals surface area contributed by atoms with Gasteiger partial charge in [0.25, 0.3) is 0 Å². The summed E-state index contributed by atoms with van der Waals surface area (Å²) in [5, 5.41) is 0.594. The quantitative estimate of drug-likeness (QED) is 0.627. The number of halogens is 1. The highest BCUT2D eigenvalue weighted by Crippen LogP contribution is 2.18. The first-order valence-corrected chi connectivity index (χ1v) is 5.68. The number of carbonyl (C=O) groups excluding carboxylic acids is 1. The molecule has 2 aromatic rings. The van der Waals surface area contributed by atoms with Crippen LogP contribution >= 0.6 is 11.6 Å². The minimum Gasteiger partial charge on any atom is -0.497 e. The highest BCUT2D eigenvalue weighted by atomic mass is 35.5. The molecular formula is C14H11ClO3. The molecule has 0 saturated carbocycles. The second-order valence-corrected chi connectivity index (χ2v) is 4.01. The molecule has 0 aliphatic rings. The number of hydrogen-bond donors (Lipinski definition) is 0. The van der Waals surface area contributed by atoms with Crippen molar-refractivity contribution >= 4 is 17.6 Å². The third kappa shape index (κ3) is 3.02. The molecule has 92 valence electrons. The van der Waals surface area contributed by atoms with E-state index in [1.807, 2.05) is 0 Å². The van der Waals surface area contributed by atoms with Crippen LogP contribution in [0.25, 0.3) is 0 Å². The highest BCUT2D eigenvalue weighted by Gasteiger charge is 2.09. The summed E-state index contributed by atoms with van der Waals surface area (Å²) in [5.74, 6) is 0.629. The van der Waals surface area contributed by atoms with E-state index in [1.165, 1.54) is 0 Å². The first-order chi connectivity index (χ1) is 8.69. The monoisotopic (exact) mass is 262 g/mol. The maximum absolute atomic E-state index is 11.9. The van der Waals surface area contributed by atoms with Gasteiger partial charge < -0.3 is 9.47 Å². The number of ether oxygens (including phenoxy) is 2. The van der Waals surface area contributed by atoms with E-state index in [9.17, 15) is 4.79 Å². The van der Waals surface area contributed by atoms with Gasteiger partial charge in [-0.05, 0) is 42.5 Å². The van der Waals surface area contributed by atoms with Crippen molar-refractivity contribution in [3.8, 4) is 11.5 Å². The van der Waals surface area contributed by atoms with Crippen molar-refractivity contribution in [2.75, 3.05) is 7.11 Å². The average Bonchev–Trinajstić information content (AvgIpc) is 2.41. The summed E-state index contributed by atoms with van der Waals surface area (Å²) in [6.45, 7) is 0. The van der Waals surface area contributed by atoms with Crippen molar-refractivity contribution in [3.63, 3.8) is 0 Å². The Morgan fingerprint density at radius 1 is 1.06 bits per heavy atom. The second kappa shape index (κ2) is 5.56. The van der Waals surface area contributed by atoms with Crippen molar-refractivity contribution in [2.24, 2.45) is 0 Å². The molecule has 2 aromatic carbocycles. The molecule has 0 spiro atoms. The molecule has 0 radical (unpaired) electrons. The zero-order chi connectivity index (χ0) is 13.0. The van der Waals surface area contributed by atoms with Crippen LogP contribution in [0.2, 0.25) is 5.02 Å². The zero-order valence-electron chi connectivity index (χ0n) is 9.72. The molecule has 0 saturated heterocycles. The van der Waals surface area contributed by atoms with Crippen LogP contribution in [0.5, 0.6) is 11.5 Å². The molecule has 0 N–H and O–H groups in total. The van der Waals surface area contributed by atoms with Crippen molar-refractivity contribution in [1.29, 1.82) is 0 Å². The Morgan fingerprint density at radius 2 is 1.78 bits per heavy atom. The zero-order valence-corrected chi connectivity index (χ0v) is 10.5. The van der Waals surface area contributed by atoms with E-state index >= 15 is 0 Å². The molecular weight excluding hydrogens is 252 g/mol. The van der Waals surface area contributed by atoms with Crippen LogP contribution < -0.4 is 9.47 Å². The van der Waals surface area contributed by atoms with Crippen LogP contribution in [-0.2, 0) is 0 Å². The van der Waals surface area contributed by atoms with Gasteiger partial charge in [0.05, 0.1) is 12.7 Å². The molecule has 0 atom stereocenters. The maximum atomic E-state index is 11.9. The number of rotatable bonds is 3. The normalized spacial score (nSPS) is 9.89. The van der Waals surface area contributed by atoms with Crippen LogP contribution in [0.3, 0.4) is 0 Å². The molecule has 0 bridgehead atoms. The smallest absolute Gasteiger partial charge is 0.343 e. The van der Waals surface area contributed by atoms with E-state index < -0.39 is 5.97 Å². The van der Waals surface area contributed by atoms with Gasteiger partial charge in [0, 0.05) is 5.02 Å². The van der Waals surface area contributed by atoms with Gasteiger partial charge in [0.1, 0.15) is 11.5 Å². The lowest BCUT2D eigenvalue weighted by molar-refractivity contribution is 0.0734. The van der Waals surface area contributed by atoms with E-state index in [4.69, 9.17) is 21.1 Å². The van der Waals surface area contributed by atoms with Crippen LogP contribution in [0.15, 0.2) is 48.5 Å². The van der Waals surface area contributed by atoms with Gasteiger partial charge in [-0.15, -0.1) is 0 Å². The van der Waals surface area contributed by atoms with Crippen molar-refractivity contribution < 1.29 is 14.3 Å². The Hall–Kier alpha value is -2.00. The first-order valence-electron chi connectivity index (χ1n) is 5.31. The Bertz CT molecular complexity index is 549. The van der Waals surface area contributed by atoms with E-state index in [0.29, 0.717) is 22.1 Å². The topological polar surface area (TPSA) is 35.5 Å². The Labute approximate surface area is 110 Å². The molecule has 0 aliphatic carbocycles. The van der Waals surface area contributed by atoms with Crippen LogP contribution in [0.4, 0.5) is 0 Å². The summed E-state index contributed by atoms with van der Waals surface area (Å²) in [5.41, 5.74) is 0.435. The minimum atomic E-state index is -0.434. The molecule has 18 heavy (non-hydrogen) atoms. The van der Waals surface area contributed by atoms with Crippen LogP contribution in [0, 0.1) is 0 Å². The third-order valence-electron chi connectivity index (χ3n) is 2.33. The van der Waals surface area contributed by atoms with Crippen LogP contribution in [-0.4, -0.2) is 13.1 Å². The lowest BCUT2D eigenvalue weighted by Gasteiger charge is -2.05. The summed E-state index contributed by atoms with van der Waals surface area (Å²) in [6, 6.07) is 13.4. The van der Waals surface area contributed by atoms with Crippen LogP contribution in [0.1, 0.15) is 10.4 Å². The van der Waals surface area contributed by atoms with E-state index in [1.54, 1.807) is 55.6 Å². The molecule has 0 fully saturated rings. The molecule has 4 heteroatoms. The molecule has 3 nitrogen and oxygen atoms in total. The van der Waals surface area contributed by atoms with Gasteiger partial charge in [-0.2, -0.15) is 0 Å². The number of hydrogen-bond acceptors (Lipinski definition) is 3. The largest absolute Gasteiger partial charge is 0.497 e. The Balaban J connectivity index is 2.14. The van der Waals surface area contributed by atoms with Gasteiger partial charge in [-0.1, -0.05) is 17.7 Å². The number of methoxy groups -OCH3 is 1. The van der Waals surface area contributed by atoms with Crippen molar-refractivity contribution in [3.05, 3.63) is 59.1 Å². The summed E-state index contributed by atoms with van der Waals surface area (Å²) in [7, 11) is 1.55. The first kappa shape index (κ1) is 12.5. The molecule has 0 amide bonds. The van der Waals surface area contributed by atoms with Gasteiger partial charge in [-0.3, -0.25) is 0 Å². The molecule has 0 aromatic heterocycles. The second-order valence-electron chi connectivity index (χ2n) is 3.58. The molecule has 0 aliphatic heterocycles. The lowest BCUT2D eigenvalue weighted by Crippen LogP contribution is -2.08. The predicted octanol–water partition coefficient (Wildman–Crippen LogP) is 3.57. The molecule has 2 rings (SSSR count). The number of carbonyl (C=O) groups is 1. The Kier molecular flexibility index (Phi) is 3.85.